The van der Waals surface area contributed by atoms with Gasteiger partial charge in [0.15, 0.2) is 0 Å². The Morgan fingerprint density at radius 1 is 1.54 bits per heavy atom. The van der Waals surface area contributed by atoms with Gasteiger partial charge in [0.25, 0.3) is 5.69 Å². The Balaban J connectivity index is 0.00000144. The number of nitrogens with two attached hydrogens (primary N) is 1. The summed E-state index contributed by atoms with van der Waals surface area (Å²) in [5.74, 6) is -0.0110. The van der Waals surface area contributed by atoms with Gasteiger partial charge in [0.2, 0.25) is 0 Å². The molecule has 1 aromatic rings. The number of non-ortho nitro benzene ring substituents is 1. The van der Waals surface area contributed by atoms with E-state index < -0.39 is 4.92 Å². The Kier molecular flexibility index (Phi) is 4.16. The largest absolute Gasteiger partial charge is 0.508 e. The SMILES string of the molecule is Cl.NCc1cc([N+](=O)[O-])ccc1O. The van der Waals surface area contributed by atoms with Crippen molar-refractivity contribution in [2.24, 2.45) is 5.73 Å². The smallest absolute Gasteiger partial charge is 0.270 e. The second-order valence-corrected chi connectivity index (χ2v) is 2.27. The average molecular weight is 205 g/mol. The Bertz CT molecular complexity index is 317. The van der Waals surface area contributed by atoms with Gasteiger partial charge in [0, 0.05) is 24.2 Å². The molecule has 0 heterocycles. The van der Waals surface area contributed by atoms with E-state index in [9.17, 15) is 10.1 Å². The van der Waals surface area contributed by atoms with Crippen LogP contribution >= 0.6 is 12.4 Å². The zero-order chi connectivity index (χ0) is 9.14. The van der Waals surface area contributed by atoms with Crippen LogP contribution in [0.4, 0.5) is 5.69 Å². The van der Waals surface area contributed by atoms with Crippen LogP contribution in [0.2, 0.25) is 0 Å². The topological polar surface area (TPSA) is 89.4 Å². The van der Waals surface area contributed by atoms with E-state index in [1.807, 2.05) is 0 Å². The van der Waals surface area contributed by atoms with Crippen molar-refractivity contribution in [3.63, 3.8) is 0 Å². The molecule has 0 aliphatic carbocycles. The minimum absolute atomic E-state index is 0. The van der Waals surface area contributed by atoms with Crippen molar-refractivity contribution in [1.82, 2.24) is 0 Å². The molecule has 5 nitrogen and oxygen atoms in total. The van der Waals surface area contributed by atoms with Crippen LogP contribution in [0.5, 0.6) is 5.75 Å². The molecule has 0 aromatic heterocycles. The summed E-state index contributed by atoms with van der Waals surface area (Å²) in [6.45, 7) is 0.0908. The molecule has 0 saturated heterocycles. The summed E-state index contributed by atoms with van der Waals surface area (Å²) in [5, 5.41) is 19.4. The lowest BCUT2D eigenvalue weighted by Gasteiger charge is -1.99. The predicted molar refractivity (Wildman–Crippen MR) is 49.9 cm³/mol. The number of rotatable bonds is 2. The first-order chi connectivity index (χ1) is 5.65. The molecule has 0 saturated carbocycles. The van der Waals surface area contributed by atoms with Gasteiger partial charge in [-0.05, 0) is 6.07 Å². The Morgan fingerprint density at radius 2 is 2.15 bits per heavy atom. The van der Waals surface area contributed by atoms with E-state index in [-0.39, 0.29) is 30.4 Å². The third-order valence-corrected chi connectivity index (χ3v) is 1.49. The minimum atomic E-state index is -0.529. The number of aromatic hydroxyl groups is 1. The predicted octanol–water partition coefficient (Wildman–Crippen LogP) is 1.18. The summed E-state index contributed by atoms with van der Waals surface area (Å²) in [6.07, 6.45) is 0. The number of nitro groups is 1. The van der Waals surface area contributed by atoms with Crippen LogP contribution in [0.3, 0.4) is 0 Å². The zero-order valence-electron chi connectivity index (χ0n) is 6.64. The molecule has 13 heavy (non-hydrogen) atoms. The summed E-state index contributed by atoms with van der Waals surface area (Å²) in [4.78, 5) is 9.73. The van der Waals surface area contributed by atoms with Crippen LogP contribution in [0.15, 0.2) is 18.2 Å². The van der Waals surface area contributed by atoms with Gasteiger partial charge in [-0.3, -0.25) is 10.1 Å². The van der Waals surface area contributed by atoms with E-state index in [1.165, 1.54) is 18.2 Å². The summed E-state index contributed by atoms with van der Waals surface area (Å²) in [6, 6.07) is 3.75. The van der Waals surface area contributed by atoms with Crippen molar-refractivity contribution in [1.29, 1.82) is 0 Å². The first-order valence-electron chi connectivity index (χ1n) is 3.31. The van der Waals surface area contributed by atoms with E-state index in [1.54, 1.807) is 0 Å². The maximum atomic E-state index is 10.3. The molecule has 0 aliphatic rings. The Hall–Kier alpha value is -1.33. The normalized spacial score (nSPS) is 9.00. The van der Waals surface area contributed by atoms with Crippen LogP contribution in [-0.2, 0) is 6.54 Å². The molecule has 3 N–H and O–H groups in total. The molecule has 0 radical (unpaired) electrons. The van der Waals surface area contributed by atoms with E-state index in [2.05, 4.69) is 0 Å². The second kappa shape index (κ2) is 4.64. The third kappa shape index (κ3) is 2.57. The highest BCUT2D eigenvalue weighted by Gasteiger charge is 2.08. The number of benzene rings is 1. The zero-order valence-corrected chi connectivity index (χ0v) is 7.45. The van der Waals surface area contributed by atoms with Crippen molar-refractivity contribution in [2.45, 2.75) is 6.54 Å². The van der Waals surface area contributed by atoms with Gasteiger partial charge in [-0.15, -0.1) is 12.4 Å². The van der Waals surface area contributed by atoms with Gasteiger partial charge in [-0.2, -0.15) is 0 Å². The van der Waals surface area contributed by atoms with Crippen molar-refractivity contribution in [3.05, 3.63) is 33.9 Å². The van der Waals surface area contributed by atoms with Crippen LogP contribution in [0, 0.1) is 10.1 Å². The quantitative estimate of drug-likeness (QED) is 0.559. The van der Waals surface area contributed by atoms with E-state index in [4.69, 9.17) is 10.8 Å². The fourth-order valence-electron chi connectivity index (χ4n) is 0.849. The second-order valence-electron chi connectivity index (χ2n) is 2.27. The molecule has 1 rings (SSSR count). The Morgan fingerprint density at radius 3 is 2.62 bits per heavy atom. The molecule has 0 aliphatic heterocycles. The van der Waals surface area contributed by atoms with Gasteiger partial charge in [-0.1, -0.05) is 0 Å². The fourth-order valence-corrected chi connectivity index (χ4v) is 0.849. The number of phenols is 1. The van der Waals surface area contributed by atoms with Gasteiger partial charge in [0.05, 0.1) is 4.92 Å². The molecule has 0 spiro atoms. The van der Waals surface area contributed by atoms with Crippen molar-refractivity contribution in [2.75, 3.05) is 0 Å². The molecule has 72 valence electrons. The van der Waals surface area contributed by atoms with E-state index in [0.29, 0.717) is 5.56 Å². The fraction of sp³-hybridized carbons (Fsp3) is 0.143. The first-order valence-corrected chi connectivity index (χ1v) is 3.31. The maximum absolute atomic E-state index is 10.3. The van der Waals surface area contributed by atoms with Gasteiger partial charge in [-0.25, -0.2) is 0 Å². The standard InChI is InChI=1S/C7H8N2O3.ClH/c8-4-5-3-6(9(11)12)1-2-7(5)10;/h1-3,10H,4,8H2;1H. The van der Waals surface area contributed by atoms with Gasteiger partial charge in [0.1, 0.15) is 5.75 Å². The van der Waals surface area contributed by atoms with Crippen LogP contribution < -0.4 is 5.73 Å². The number of hydrogen-bond acceptors (Lipinski definition) is 4. The van der Waals surface area contributed by atoms with Crippen LogP contribution in [0.1, 0.15) is 5.56 Å². The monoisotopic (exact) mass is 204 g/mol. The van der Waals surface area contributed by atoms with E-state index >= 15 is 0 Å². The van der Waals surface area contributed by atoms with Gasteiger partial charge < -0.3 is 10.8 Å². The van der Waals surface area contributed by atoms with Crippen molar-refractivity contribution >= 4 is 18.1 Å². The number of nitrogens with zero attached hydrogens (tertiary/aromatic N) is 1. The van der Waals surface area contributed by atoms with E-state index in [0.717, 1.165) is 0 Å². The summed E-state index contributed by atoms with van der Waals surface area (Å²) in [5.41, 5.74) is 5.55. The molecular formula is C7H9ClN2O3. The molecule has 0 bridgehead atoms. The highest BCUT2D eigenvalue weighted by atomic mass is 35.5. The van der Waals surface area contributed by atoms with Crippen molar-refractivity contribution in [3.8, 4) is 5.75 Å². The minimum Gasteiger partial charge on any atom is -0.508 e. The Labute approximate surface area is 80.7 Å². The lowest BCUT2D eigenvalue weighted by atomic mass is 10.2. The summed E-state index contributed by atoms with van der Waals surface area (Å²) < 4.78 is 0. The van der Waals surface area contributed by atoms with Crippen LogP contribution in [-0.4, -0.2) is 10.0 Å². The molecular weight excluding hydrogens is 196 g/mol. The highest BCUT2D eigenvalue weighted by molar-refractivity contribution is 5.85. The molecule has 0 amide bonds. The third-order valence-electron chi connectivity index (χ3n) is 1.49. The molecule has 6 heteroatoms. The molecule has 0 unspecified atom stereocenters. The van der Waals surface area contributed by atoms with Gasteiger partial charge >= 0.3 is 0 Å². The highest BCUT2D eigenvalue weighted by Crippen LogP contribution is 2.21. The maximum Gasteiger partial charge on any atom is 0.270 e. The number of halogens is 1. The molecule has 0 atom stereocenters. The number of hydrogen-bond donors (Lipinski definition) is 2. The lowest BCUT2D eigenvalue weighted by molar-refractivity contribution is -0.384. The number of phenolic OH excluding ortho intramolecular Hbond substituents is 1. The summed E-state index contributed by atoms with van der Waals surface area (Å²) in [7, 11) is 0. The van der Waals surface area contributed by atoms with Crippen molar-refractivity contribution < 1.29 is 10.0 Å². The van der Waals surface area contributed by atoms with Crippen LogP contribution in [0.25, 0.3) is 0 Å². The average Bonchev–Trinajstić information content (AvgIpc) is 2.05. The molecule has 0 fully saturated rings. The first kappa shape index (κ1) is 11.7. The lowest BCUT2D eigenvalue weighted by Crippen LogP contribution is -1.98. The number of nitro benzene ring substituents is 1. The summed E-state index contributed by atoms with van der Waals surface area (Å²) >= 11 is 0. The molecule has 1 aromatic carbocycles.